The Morgan fingerprint density at radius 2 is 2.00 bits per heavy atom. The van der Waals surface area contributed by atoms with E-state index in [1.807, 2.05) is 13.2 Å². The lowest BCUT2D eigenvalue weighted by atomic mass is 9.75. The van der Waals surface area contributed by atoms with E-state index < -0.39 is 0 Å². The van der Waals surface area contributed by atoms with E-state index in [0.29, 0.717) is 24.1 Å². The van der Waals surface area contributed by atoms with Crippen LogP contribution in [0.25, 0.3) is 0 Å². The largest absolute Gasteiger partial charge is 0.381 e. The minimum absolute atomic E-state index is 0.473. The highest BCUT2D eigenvalue weighted by molar-refractivity contribution is 6.30. The lowest BCUT2D eigenvalue weighted by molar-refractivity contribution is 0.105. The summed E-state index contributed by atoms with van der Waals surface area (Å²) in [6, 6.07) is 9.66. The quantitative estimate of drug-likeness (QED) is 0.906. The third-order valence-corrected chi connectivity index (χ3v) is 4.88. The normalized spacial score (nSPS) is 34.2. The molecule has 0 aliphatic heterocycles. The van der Waals surface area contributed by atoms with Crippen LogP contribution in [0.1, 0.15) is 43.6 Å². The molecule has 19 heavy (non-hydrogen) atoms. The molecule has 1 N–H and O–H groups in total. The van der Waals surface area contributed by atoms with Gasteiger partial charge in [-0.05, 0) is 55.7 Å². The molecular weight excluding hydrogens is 258 g/mol. The van der Waals surface area contributed by atoms with Crippen LogP contribution in [0.4, 0.5) is 0 Å². The van der Waals surface area contributed by atoms with E-state index in [-0.39, 0.29) is 0 Å². The van der Waals surface area contributed by atoms with Gasteiger partial charge >= 0.3 is 0 Å². The molecule has 0 aromatic heterocycles. The van der Waals surface area contributed by atoms with Gasteiger partial charge < -0.3 is 10.1 Å². The summed E-state index contributed by atoms with van der Waals surface area (Å²) in [5.41, 5.74) is 1.40. The summed E-state index contributed by atoms with van der Waals surface area (Å²) < 4.78 is 5.42. The Bertz CT molecular complexity index is 431. The summed E-state index contributed by atoms with van der Waals surface area (Å²) >= 11 is 6.05. The van der Waals surface area contributed by atoms with Gasteiger partial charge in [-0.25, -0.2) is 0 Å². The number of rotatable bonds is 4. The molecule has 0 heterocycles. The van der Waals surface area contributed by atoms with Gasteiger partial charge in [-0.1, -0.05) is 23.7 Å². The second-order valence-electron chi connectivity index (χ2n) is 5.95. The fourth-order valence-electron chi connectivity index (χ4n) is 3.43. The third kappa shape index (κ3) is 3.13. The summed E-state index contributed by atoms with van der Waals surface area (Å²) in [5, 5.41) is 4.64. The molecule has 0 saturated heterocycles. The summed E-state index contributed by atoms with van der Waals surface area (Å²) in [5.74, 6) is 0.691. The van der Waals surface area contributed by atoms with E-state index in [1.54, 1.807) is 0 Å². The highest BCUT2D eigenvalue weighted by Crippen LogP contribution is 2.38. The number of ether oxygens (including phenoxy) is 1. The molecule has 2 atom stereocenters. The van der Waals surface area contributed by atoms with Gasteiger partial charge in [-0.2, -0.15) is 0 Å². The molecule has 2 nitrogen and oxygen atoms in total. The number of benzene rings is 1. The summed E-state index contributed by atoms with van der Waals surface area (Å²) in [6.45, 7) is 0. The zero-order valence-electron chi connectivity index (χ0n) is 11.4. The summed E-state index contributed by atoms with van der Waals surface area (Å²) in [6.07, 6.45) is 6.61. The molecule has 3 heteroatoms. The maximum absolute atomic E-state index is 6.05. The second kappa shape index (κ2) is 5.82. The number of halogens is 1. The van der Waals surface area contributed by atoms with E-state index in [1.165, 1.54) is 37.7 Å². The van der Waals surface area contributed by atoms with E-state index in [2.05, 4.69) is 23.5 Å². The first-order valence-electron chi connectivity index (χ1n) is 7.29. The zero-order chi connectivity index (χ0) is 13.2. The molecule has 1 aromatic rings. The molecule has 2 saturated carbocycles. The Kier molecular flexibility index (Phi) is 4.11. The van der Waals surface area contributed by atoms with Gasteiger partial charge in [0, 0.05) is 24.2 Å². The molecule has 2 fully saturated rings. The molecular formula is C16H22ClNO. The Morgan fingerprint density at radius 3 is 2.68 bits per heavy atom. The Labute approximate surface area is 120 Å². The molecule has 0 amide bonds. The predicted octanol–water partition coefficient (Wildman–Crippen LogP) is 3.74. The van der Waals surface area contributed by atoms with Crippen LogP contribution in [0, 0.1) is 0 Å². The van der Waals surface area contributed by atoms with Crippen LogP contribution in [-0.4, -0.2) is 25.3 Å². The number of methoxy groups -OCH3 is 1. The first kappa shape index (κ1) is 13.4. The molecule has 0 radical (unpaired) electrons. The summed E-state index contributed by atoms with van der Waals surface area (Å²) in [4.78, 5) is 0. The fraction of sp³-hybridized carbons (Fsp3) is 0.625. The van der Waals surface area contributed by atoms with Crippen molar-refractivity contribution >= 4 is 11.6 Å². The standard InChI is InChI=1S/C16H22ClNO/c1-19-16-6-5-14(10-16)18-15-8-12(9-15)11-3-2-4-13(17)7-11/h2-4,7,12,14-16,18H,5-6,8-10H2,1H3. The smallest absolute Gasteiger partial charge is 0.0586 e. The Balaban J connectivity index is 1.46. The van der Waals surface area contributed by atoms with Crippen LogP contribution < -0.4 is 5.32 Å². The van der Waals surface area contributed by atoms with Crippen molar-refractivity contribution < 1.29 is 4.74 Å². The van der Waals surface area contributed by atoms with E-state index in [4.69, 9.17) is 16.3 Å². The monoisotopic (exact) mass is 279 g/mol. The van der Waals surface area contributed by atoms with E-state index in [0.717, 1.165) is 5.02 Å². The molecule has 2 aliphatic carbocycles. The van der Waals surface area contributed by atoms with Gasteiger partial charge in [0.1, 0.15) is 0 Å². The Hall–Kier alpha value is -0.570. The van der Waals surface area contributed by atoms with Crippen LogP contribution in [-0.2, 0) is 4.74 Å². The first-order chi connectivity index (χ1) is 9.24. The lowest BCUT2D eigenvalue weighted by Gasteiger charge is -2.38. The molecule has 1 aromatic carbocycles. The number of hydrogen-bond acceptors (Lipinski definition) is 2. The van der Waals surface area contributed by atoms with Crippen molar-refractivity contribution in [3.8, 4) is 0 Å². The average Bonchev–Trinajstić information content (AvgIpc) is 2.81. The predicted molar refractivity (Wildman–Crippen MR) is 78.8 cm³/mol. The third-order valence-electron chi connectivity index (χ3n) is 4.65. The van der Waals surface area contributed by atoms with Gasteiger partial charge in [0.2, 0.25) is 0 Å². The van der Waals surface area contributed by atoms with Crippen LogP contribution >= 0.6 is 11.6 Å². The van der Waals surface area contributed by atoms with Gasteiger partial charge in [-0.15, -0.1) is 0 Å². The zero-order valence-corrected chi connectivity index (χ0v) is 12.2. The molecule has 2 unspecified atom stereocenters. The second-order valence-corrected chi connectivity index (χ2v) is 6.39. The molecule has 3 rings (SSSR count). The average molecular weight is 280 g/mol. The molecule has 0 spiro atoms. The lowest BCUT2D eigenvalue weighted by Crippen LogP contribution is -2.44. The highest BCUT2D eigenvalue weighted by Gasteiger charge is 2.33. The van der Waals surface area contributed by atoms with Crippen molar-refractivity contribution in [2.75, 3.05) is 7.11 Å². The molecule has 0 bridgehead atoms. The first-order valence-corrected chi connectivity index (χ1v) is 7.66. The van der Waals surface area contributed by atoms with Crippen molar-refractivity contribution in [3.05, 3.63) is 34.9 Å². The van der Waals surface area contributed by atoms with Crippen molar-refractivity contribution in [2.24, 2.45) is 0 Å². The minimum Gasteiger partial charge on any atom is -0.381 e. The van der Waals surface area contributed by atoms with Gasteiger partial charge in [0.15, 0.2) is 0 Å². The van der Waals surface area contributed by atoms with Gasteiger partial charge in [0.05, 0.1) is 6.10 Å². The van der Waals surface area contributed by atoms with Crippen LogP contribution in [0.5, 0.6) is 0 Å². The fourth-order valence-corrected chi connectivity index (χ4v) is 3.62. The SMILES string of the molecule is COC1CCC(NC2CC(c3cccc(Cl)c3)C2)C1. The van der Waals surface area contributed by atoms with Crippen molar-refractivity contribution in [1.82, 2.24) is 5.32 Å². The van der Waals surface area contributed by atoms with Crippen molar-refractivity contribution in [2.45, 2.75) is 56.2 Å². The topological polar surface area (TPSA) is 21.3 Å². The number of hydrogen-bond donors (Lipinski definition) is 1. The summed E-state index contributed by atoms with van der Waals surface area (Å²) in [7, 11) is 1.82. The van der Waals surface area contributed by atoms with Crippen molar-refractivity contribution in [1.29, 1.82) is 0 Å². The molecule has 104 valence electrons. The van der Waals surface area contributed by atoms with Crippen LogP contribution in [0.2, 0.25) is 5.02 Å². The van der Waals surface area contributed by atoms with Gasteiger partial charge in [-0.3, -0.25) is 0 Å². The maximum Gasteiger partial charge on any atom is 0.0586 e. The minimum atomic E-state index is 0.473. The Morgan fingerprint density at radius 1 is 1.16 bits per heavy atom. The highest BCUT2D eigenvalue weighted by atomic mass is 35.5. The maximum atomic E-state index is 6.05. The van der Waals surface area contributed by atoms with E-state index in [9.17, 15) is 0 Å². The van der Waals surface area contributed by atoms with Gasteiger partial charge in [0.25, 0.3) is 0 Å². The van der Waals surface area contributed by atoms with Crippen LogP contribution in [0.3, 0.4) is 0 Å². The molecule has 2 aliphatic rings. The van der Waals surface area contributed by atoms with E-state index >= 15 is 0 Å². The van der Waals surface area contributed by atoms with Crippen molar-refractivity contribution in [3.63, 3.8) is 0 Å². The van der Waals surface area contributed by atoms with Crippen LogP contribution in [0.15, 0.2) is 24.3 Å². The number of nitrogens with one attached hydrogen (secondary N) is 1.